The summed E-state index contributed by atoms with van der Waals surface area (Å²) in [6.45, 7) is 7.96. The number of nitrogens with zero attached hydrogens (tertiary/aromatic N) is 1. The standard InChI is InChI=1S/C17H26N2O/c1-4-11-19-16(13-18)10-12-20-17-8-6-15(7-9-17)14(3)5-2/h6-9,14,16,19H,4-5,10-12H2,1-3H3. The van der Waals surface area contributed by atoms with E-state index in [0.717, 1.165) is 25.1 Å². The third kappa shape index (κ3) is 5.63. The number of nitriles is 1. The topological polar surface area (TPSA) is 45.0 Å². The molecule has 2 atom stereocenters. The van der Waals surface area contributed by atoms with Crippen molar-refractivity contribution < 1.29 is 4.74 Å². The third-order valence-electron chi connectivity index (χ3n) is 3.53. The molecule has 0 fully saturated rings. The fourth-order valence-corrected chi connectivity index (χ4v) is 1.95. The molecule has 2 unspecified atom stereocenters. The molecular weight excluding hydrogens is 248 g/mol. The van der Waals surface area contributed by atoms with Crippen molar-refractivity contribution in [1.29, 1.82) is 5.26 Å². The highest BCUT2D eigenvalue weighted by atomic mass is 16.5. The van der Waals surface area contributed by atoms with Gasteiger partial charge in [0.05, 0.1) is 18.7 Å². The van der Waals surface area contributed by atoms with Crippen LogP contribution in [-0.4, -0.2) is 19.2 Å². The summed E-state index contributed by atoms with van der Waals surface area (Å²) >= 11 is 0. The number of ether oxygens (including phenoxy) is 1. The van der Waals surface area contributed by atoms with Crippen LogP contribution in [0.3, 0.4) is 0 Å². The van der Waals surface area contributed by atoms with Crippen molar-refractivity contribution in [3.8, 4) is 11.8 Å². The van der Waals surface area contributed by atoms with Crippen LogP contribution in [0.5, 0.6) is 5.75 Å². The van der Waals surface area contributed by atoms with Crippen LogP contribution in [0, 0.1) is 11.3 Å². The van der Waals surface area contributed by atoms with E-state index in [9.17, 15) is 0 Å². The van der Waals surface area contributed by atoms with E-state index in [1.165, 1.54) is 5.56 Å². The molecule has 0 spiro atoms. The minimum atomic E-state index is -0.116. The van der Waals surface area contributed by atoms with Gasteiger partial charge in [-0.3, -0.25) is 0 Å². The van der Waals surface area contributed by atoms with Gasteiger partial charge in [0, 0.05) is 6.42 Å². The summed E-state index contributed by atoms with van der Waals surface area (Å²) < 4.78 is 5.70. The van der Waals surface area contributed by atoms with Gasteiger partial charge in [0.15, 0.2) is 0 Å². The summed E-state index contributed by atoms with van der Waals surface area (Å²) in [7, 11) is 0. The van der Waals surface area contributed by atoms with Gasteiger partial charge < -0.3 is 10.1 Å². The lowest BCUT2D eigenvalue weighted by molar-refractivity contribution is 0.297. The Bertz CT molecular complexity index is 408. The maximum atomic E-state index is 9.01. The van der Waals surface area contributed by atoms with E-state index in [0.29, 0.717) is 18.9 Å². The second-order valence-electron chi connectivity index (χ2n) is 5.15. The summed E-state index contributed by atoms with van der Waals surface area (Å²) in [6.07, 6.45) is 2.90. The molecule has 1 rings (SSSR count). The van der Waals surface area contributed by atoms with E-state index in [2.05, 4.69) is 44.3 Å². The Morgan fingerprint density at radius 2 is 1.95 bits per heavy atom. The smallest absolute Gasteiger partial charge is 0.119 e. The lowest BCUT2D eigenvalue weighted by Crippen LogP contribution is -2.29. The summed E-state index contributed by atoms with van der Waals surface area (Å²) in [5.41, 5.74) is 1.35. The zero-order valence-electron chi connectivity index (χ0n) is 12.9. The molecule has 0 aliphatic rings. The first-order chi connectivity index (χ1) is 9.71. The number of rotatable bonds is 9. The number of hydrogen-bond acceptors (Lipinski definition) is 3. The van der Waals surface area contributed by atoms with Crippen LogP contribution >= 0.6 is 0 Å². The second kappa shape index (κ2) is 9.39. The first kappa shape index (κ1) is 16.5. The van der Waals surface area contributed by atoms with Crippen LogP contribution in [0.25, 0.3) is 0 Å². The van der Waals surface area contributed by atoms with Gasteiger partial charge in [-0.05, 0) is 43.0 Å². The number of nitrogens with one attached hydrogen (secondary N) is 1. The average molecular weight is 274 g/mol. The Hall–Kier alpha value is -1.53. The Labute approximate surface area is 123 Å². The fourth-order valence-electron chi connectivity index (χ4n) is 1.95. The lowest BCUT2D eigenvalue weighted by Gasteiger charge is -2.13. The Morgan fingerprint density at radius 1 is 1.25 bits per heavy atom. The number of benzene rings is 1. The minimum absolute atomic E-state index is 0.116. The average Bonchev–Trinajstić information content (AvgIpc) is 2.50. The van der Waals surface area contributed by atoms with Gasteiger partial charge in [-0.25, -0.2) is 0 Å². The first-order valence-corrected chi connectivity index (χ1v) is 7.57. The van der Waals surface area contributed by atoms with E-state index in [1.807, 2.05) is 12.1 Å². The van der Waals surface area contributed by atoms with Crippen molar-refractivity contribution in [3.05, 3.63) is 29.8 Å². The van der Waals surface area contributed by atoms with Crippen LogP contribution in [0.2, 0.25) is 0 Å². The van der Waals surface area contributed by atoms with Gasteiger partial charge >= 0.3 is 0 Å². The Balaban J connectivity index is 2.36. The van der Waals surface area contributed by atoms with Crippen molar-refractivity contribution >= 4 is 0 Å². The van der Waals surface area contributed by atoms with Crippen molar-refractivity contribution in [2.24, 2.45) is 0 Å². The van der Waals surface area contributed by atoms with Gasteiger partial charge in [0.1, 0.15) is 5.75 Å². The largest absolute Gasteiger partial charge is 0.493 e. The minimum Gasteiger partial charge on any atom is -0.493 e. The first-order valence-electron chi connectivity index (χ1n) is 7.57. The summed E-state index contributed by atoms with van der Waals surface area (Å²) in [6, 6.07) is 10.4. The quantitative estimate of drug-likeness (QED) is 0.743. The molecule has 0 aliphatic carbocycles. The molecule has 0 aliphatic heterocycles. The molecular formula is C17H26N2O. The molecule has 1 aromatic rings. The van der Waals surface area contributed by atoms with Gasteiger partial charge in [0.25, 0.3) is 0 Å². The molecule has 3 heteroatoms. The van der Waals surface area contributed by atoms with Gasteiger partial charge in [-0.15, -0.1) is 0 Å². The molecule has 0 amide bonds. The molecule has 0 aromatic heterocycles. The van der Waals surface area contributed by atoms with Crippen molar-refractivity contribution in [2.75, 3.05) is 13.2 Å². The molecule has 1 aromatic carbocycles. The van der Waals surface area contributed by atoms with E-state index < -0.39 is 0 Å². The number of hydrogen-bond donors (Lipinski definition) is 1. The molecule has 20 heavy (non-hydrogen) atoms. The predicted molar refractivity (Wildman–Crippen MR) is 83.0 cm³/mol. The van der Waals surface area contributed by atoms with Gasteiger partial charge in [-0.2, -0.15) is 5.26 Å². The highest BCUT2D eigenvalue weighted by Crippen LogP contribution is 2.21. The second-order valence-corrected chi connectivity index (χ2v) is 5.15. The summed E-state index contributed by atoms with van der Waals surface area (Å²) in [4.78, 5) is 0. The molecule has 0 saturated carbocycles. The lowest BCUT2D eigenvalue weighted by atomic mass is 9.99. The van der Waals surface area contributed by atoms with Gasteiger partial charge in [-0.1, -0.05) is 32.9 Å². The Kier molecular flexibility index (Phi) is 7.75. The summed E-state index contributed by atoms with van der Waals surface area (Å²) in [5.74, 6) is 1.47. The van der Waals surface area contributed by atoms with Gasteiger partial charge in [0.2, 0.25) is 0 Å². The van der Waals surface area contributed by atoms with Crippen molar-refractivity contribution in [1.82, 2.24) is 5.32 Å². The third-order valence-corrected chi connectivity index (χ3v) is 3.53. The highest BCUT2D eigenvalue weighted by Gasteiger charge is 2.06. The molecule has 0 saturated heterocycles. The van der Waals surface area contributed by atoms with E-state index in [1.54, 1.807) is 0 Å². The highest BCUT2D eigenvalue weighted by molar-refractivity contribution is 5.29. The predicted octanol–water partition coefficient (Wildman–Crippen LogP) is 3.86. The molecule has 110 valence electrons. The maximum absolute atomic E-state index is 9.01. The van der Waals surface area contributed by atoms with Crippen LogP contribution < -0.4 is 10.1 Å². The van der Waals surface area contributed by atoms with Crippen LogP contribution in [0.15, 0.2) is 24.3 Å². The monoisotopic (exact) mass is 274 g/mol. The van der Waals surface area contributed by atoms with E-state index in [4.69, 9.17) is 10.00 Å². The fraction of sp³-hybridized carbons (Fsp3) is 0.588. The Morgan fingerprint density at radius 3 is 2.50 bits per heavy atom. The van der Waals surface area contributed by atoms with E-state index >= 15 is 0 Å². The zero-order valence-corrected chi connectivity index (χ0v) is 12.9. The molecule has 0 bridgehead atoms. The van der Waals surface area contributed by atoms with E-state index in [-0.39, 0.29) is 6.04 Å². The van der Waals surface area contributed by atoms with Crippen LogP contribution in [0.1, 0.15) is 51.5 Å². The molecule has 0 radical (unpaired) electrons. The zero-order chi connectivity index (χ0) is 14.8. The van der Waals surface area contributed by atoms with Crippen molar-refractivity contribution in [2.45, 2.75) is 52.0 Å². The molecule has 1 N–H and O–H groups in total. The van der Waals surface area contributed by atoms with Crippen molar-refractivity contribution in [3.63, 3.8) is 0 Å². The summed E-state index contributed by atoms with van der Waals surface area (Å²) in [5, 5.41) is 12.2. The molecule has 0 heterocycles. The van der Waals surface area contributed by atoms with Crippen LogP contribution in [-0.2, 0) is 0 Å². The maximum Gasteiger partial charge on any atom is 0.119 e. The molecule has 3 nitrogen and oxygen atoms in total. The normalized spacial score (nSPS) is 13.5. The van der Waals surface area contributed by atoms with Crippen LogP contribution in [0.4, 0.5) is 0 Å². The SMILES string of the molecule is CCCNC(C#N)CCOc1ccc(C(C)CC)cc1.